The number of rotatable bonds is 13. The molecule has 0 heterocycles. The second kappa shape index (κ2) is 17.9. The zero-order valence-electron chi connectivity index (χ0n) is 36.0. The Hall–Kier alpha value is -5.91. The van der Waals surface area contributed by atoms with Gasteiger partial charge < -0.3 is 45.2 Å². The van der Waals surface area contributed by atoms with E-state index < -0.39 is 17.9 Å². The third-order valence-corrected chi connectivity index (χ3v) is 15.5. The Labute approximate surface area is 373 Å². The third kappa shape index (κ3) is 8.09. The van der Waals surface area contributed by atoms with Crippen LogP contribution in [0.3, 0.4) is 0 Å². The minimum Gasteiger partial charge on any atom is -0.508 e. The van der Waals surface area contributed by atoms with Gasteiger partial charge in [-0.25, -0.2) is 0 Å². The highest BCUT2D eigenvalue weighted by molar-refractivity contribution is 5.82. The van der Waals surface area contributed by atoms with E-state index in [0.717, 1.165) is 55.2 Å². The number of hydrogen-bond donors (Lipinski definition) is 8. The molecule has 5 aromatic rings. The third-order valence-electron chi connectivity index (χ3n) is 15.5. The largest absolute Gasteiger partial charge is 0.508 e. The van der Waals surface area contributed by atoms with Crippen LogP contribution in [0.4, 0.5) is 0 Å². The van der Waals surface area contributed by atoms with Crippen LogP contribution in [-0.4, -0.2) is 54.4 Å². The summed E-state index contributed by atoms with van der Waals surface area (Å²) in [6.07, 6.45) is 6.68. The molecule has 336 valence electrons. The van der Waals surface area contributed by atoms with Gasteiger partial charge in [-0.05, 0) is 150 Å². The lowest BCUT2D eigenvalue weighted by atomic mass is 9.50. The Morgan fingerprint density at radius 2 is 1.52 bits per heavy atom. The fourth-order valence-electron chi connectivity index (χ4n) is 12.8. The molecule has 0 amide bonds. The molecule has 0 aliphatic heterocycles. The minimum absolute atomic E-state index is 0.00486. The summed E-state index contributed by atoms with van der Waals surface area (Å²) in [7, 11) is 0. The van der Waals surface area contributed by atoms with E-state index in [0.29, 0.717) is 36.8 Å². The zero-order chi connectivity index (χ0) is 44.7. The first-order chi connectivity index (χ1) is 30.9. The van der Waals surface area contributed by atoms with E-state index >= 15 is 0 Å². The molecule has 5 aliphatic rings. The number of carbonyl (C=O) groups is 1. The van der Waals surface area contributed by atoms with Gasteiger partial charge in [-0.3, -0.25) is 10.5 Å². The van der Waals surface area contributed by atoms with Crippen LogP contribution < -0.4 is 15.2 Å². The molecule has 0 saturated heterocycles. The van der Waals surface area contributed by atoms with Crippen molar-refractivity contribution in [3.05, 3.63) is 130 Å². The summed E-state index contributed by atoms with van der Waals surface area (Å²) in [5, 5.41) is 78.5. The molecular formula is C53H59NO10. The molecule has 0 radical (unpaired) electrons. The second-order valence-electron chi connectivity index (χ2n) is 18.8. The van der Waals surface area contributed by atoms with Crippen LogP contribution in [0.2, 0.25) is 0 Å². The van der Waals surface area contributed by atoms with E-state index in [9.17, 15) is 40.5 Å². The number of aromatic hydroxyl groups is 6. The van der Waals surface area contributed by atoms with Crippen molar-refractivity contribution in [2.75, 3.05) is 6.73 Å². The molecule has 5 aliphatic carbocycles. The summed E-state index contributed by atoms with van der Waals surface area (Å²) in [6.45, 7) is -0.0899. The molecule has 64 heavy (non-hydrogen) atoms. The zero-order valence-corrected chi connectivity index (χ0v) is 36.0. The van der Waals surface area contributed by atoms with Crippen LogP contribution in [0.1, 0.15) is 103 Å². The number of ketones is 1. The molecule has 9 N–H and O–H groups in total. The number of aliphatic hydroxyl groups is 1. The van der Waals surface area contributed by atoms with Gasteiger partial charge in [0, 0.05) is 24.0 Å². The first kappa shape index (κ1) is 43.3. The van der Waals surface area contributed by atoms with Gasteiger partial charge in [-0.2, -0.15) is 0 Å². The van der Waals surface area contributed by atoms with Gasteiger partial charge in [0.05, 0.1) is 6.10 Å². The highest BCUT2D eigenvalue weighted by Crippen LogP contribution is 2.68. The van der Waals surface area contributed by atoms with Crippen molar-refractivity contribution in [3.63, 3.8) is 0 Å². The number of carbonyl (C=O) groups excluding carboxylic acids is 1. The van der Waals surface area contributed by atoms with Crippen molar-refractivity contribution in [2.24, 2.45) is 35.3 Å². The van der Waals surface area contributed by atoms with Crippen LogP contribution >= 0.6 is 0 Å². The van der Waals surface area contributed by atoms with Crippen LogP contribution in [0.5, 0.6) is 46.0 Å². The van der Waals surface area contributed by atoms with Gasteiger partial charge in [-0.1, -0.05) is 73.9 Å². The molecule has 11 nitrogen and oxygen atoms in total. The predicted octanol–water partition coefficient (Wildman–Crippen LogP) is 8.96. The first-order valence-corrected chi connectivity index (χ1v) is 22.9. The molecule has 3 fully saturated rings. The maximum Gasteiger partial charge on any atom is 0.200 e. The van der Waals surface area contributed by atoms with E-state index in [4.69, 9.17) is 15.2 Å². The average Bonchev–Trinajstić information content (AvgIpc) is 3.56. The summed E-state index contributed by atoms with van der Waals surface area (Å²) >= 11 is 0. The van der Waals surface area contributed by atoms with Gasteiger partial charge >= 0.3 is 0 Å². The monoisotopic (exact) mass is 869 g/mol. The van der Waals surface area contributed by atoms with Crippen LogP contribution in [-0.2, 0) is 29.7 Å². The summed E-state index contributed by atoms with van der Waals surface area (Å²) in [6, 6.07) is 28.7. The summed E-state index contributed by atoms with van der Waals surface area (Å²) in [4.78, 5) is 14.8. The van der Waals surface area contributed by atoms with Gasteiger partial charge in [0.15, 0.2) is 23.0 Å². The van der Waals surface area contributed by atoms with Gasteiger partial charge in [0.1, 0.15) is 36.4 Å². The maximum atomic E-state index is 14.8. The van der Waals surface area contributed by atoms with Crippen molar-refractivity contribution >= 4 is 5.78 Å². The number of phenols is 6. The lowest BCUT2D eigenvalue weighted by molar-refractivity contribution is -0.136. The highest BCUT2D eigenvalue weighted by atomic mass is 16.5. The summed E-state index contributed by atoms with van der Waals surface area (Å²) in [5.41, 5.74) is 10.3. The van der Waals surface area contributed by atoms with Gasteiger partial charge in [0.25, 0.3) is 0 Å². The second-order valence-corrected chi connectivity index (χ2v) is 18.8. The normalized spacial score (nSPS) is 25.7. The predicted molar refractivity (Wildman–Crippen MR) is 241 cm³/mol. The van der Waals surface area contributed by atoms with E-state index in [2.05, 4.69) is 24.3 Å². The summed E-state index contributed by atoms with van der Waals surface area (Å²) < 4.78 is 11.9. The number of benzene rings is 5. The van der Waals surface area contributed by atoms with Crippen molar-refractivity contribution in [3.8, 4) is 46.0 Å². The molecule has 11 heteroatoms. The molecule has 5 aromatic carbocycles. The molecule has 0 spiro atoms. The minimum atomic E-state index is -1.06. The Balaban J connectivity index is 1.18. The van der Waals surface area contributed by atoms with Crippen LogP contribution in [0, 0.1) is 29.6 Å². The molecule has 10 rings (SSSR count). The fraction of sp³-hybridized carbons (Fsp3) is 0.415. The number of fused-ring (bicyclic) bond motifs is 1. The van der Waals surface area contributed by atoms with Crippen LogP contribution in [0.15, 0.2) is 97.1 Å². The van der Waals surface area contributed by atoms with Crippen molar-refractivity contribution in [2.45, 2.75) is 101 Å². The number of aryl methyl sites for hydroxylation is 1. The number of ether oxygens (including phenoxy) is 2. The van der Waals surface area contributed by atoms with Gasteiger partial charge in [0.2, 0.25) is 5.75 Å². The Bertz CT molecular complexity index is 2480. The molecular weight excluding hydrogens is 811 g/mol. The number of nitrogens with two attached hydrogens (primary N) is 1. The topological polar surface area (TPSA) is 203 Å². The van der Waals surface area contributed by atoms with E-state index in [1.165, 1.54) is 17.7 Å². The number of aliphatic hydroxyl groups excluding tert-OH is 1. The maximum absolute atomic E-state index is 14.8. The van der Waals surface area contributed by atoms with E-state index in [1.54, 1.807) is 48.5 Å². The number of phenolic OH excluding ortho intramolecular Hbond substituents is 6. The molecule has 3 saturated carbocycles. The molecule has 2 bridgehead atoms. The lowest BCUT2D eigenvalue weighted by Gasteiger charge is -2.54. The SMILES string of the molecule is NCOc1cc(CCC(=O)C2CC(Cc3ccc(O)cc3O)C3CC4CC(C5(c6ccccc6)CCCCC5)C(c5cc(O)c(O)c(OCc6cccc(O)c6)c54)C3C2O)ccc1O. The number of hydrogen-bond acceptors (Lipinski definition) is 11. The van der Waals surface area contributed by atoms with Gasteiger partial charge in [-0.15, -0.1) is 0 Å². The Morgan fingerprint density at radius 3 is 2.27 bits per heavy atom. The van der Waals surface area contributed by atoms with Crippen molar-refractivity contribution in [1.82, 2.24) is 0 Å². The van der Waals surface area contributed by atoms with Crippen molar-refractivity contribution < 1.29 is 50.0 Å². The highest BCUT2D eigenvalue weighted by Gasteiger charge is 2.60. The van der Waals surface area contributed by atoms with E-state index in [1.807, 2.05) is 12.1 Å². The average molecular weight is 870 g/mol. The fourth-order valence-corrected chi connectivity index (χ4v) is 12.8. The molecule has 8 atom stereocenters. The first-order valence-electron chi connectivity index (χ1n) is 22.9. The quantitative estimate of drug-likeness (QED) is 0.0415. The molecule has 0 aromatic heterocycles. The molecule has 8 unspecified atom stereocenters. The standard InChI is InChI=1S/C53H59NO10/c54-29-64-46-21-30(13-17-43(46)58)12-16-42(57)39-23-33(22-32-14-15-37(56)26-44(32)59)38-24-34-25-41(53(18-5-2-6-19-53)35-9-3-1-4-10-35)48(49(38)50(39)61)40-27-45(60)51(62)52(47(34)40)63-28-31-8-7-11-36(55)20-31/h1,3-4,7-11,13-15,17,20-21,26-27,33-34,38-39,41,48-50,55-56,58-62H,2,5-6,12,16,18-19,22-25,28-29,54H2. The Morgan fingerprint density at radius 1 is 0.734 bits per heavy atom. The lowest BCUT2D eigenvalue weighted by Crippen LogP contribution is -2.52. The van der Waals surface area contributed by atoms with Crippen molar-refractivity contribution in [1.29, 1.82) is 0 Å². The summed E-state index contributed by atoms with van der Waals surface area (Å²) in [5.74, 6) is -2.43. The number of Topliss-reactive ketones (excluding diaryl/α,β-unsaturated/α-hetero) is 1. The Kier molecular flexibility index (Phi) is 12.1. The van der Waals surface area contributed by atoms with E-state index in [-0.39, 0.29) is 107 Å². The van der Waals surface area contributed by atoms with Crippen LogP contribution in [0.25, 0.3) is 0 Å². The smallest absolute Gasteiger partial charge is 0.200 e.